The molecule has 0 saturated heterocycles. The van der Waals surface area contributed by atoms with E-state index in [4.69, 9.17) is 4.74 Å². The summed E-state index contributed by atoms with van der Waals surface area (Å²) in [5, 5.41) is 2.91. The Kier molecular flexibility index (Phi) is 9.01. The molecule has 0 spiro atoms. The van der Waals surface area contributed by atoms with E-state index >= 15 is 0 Å². The van der Waals surface area contributed by atoms with Crippen molar-refractivity contribution in [3.63, 3.8) is 0 Å². The number of hydrogen-bond donors (Lipinski definition) is 1. The van der Waals surface area contributed by atoms with Crippen LogP contribution >= 0.6 is 0 Å². The monoisotopic (exact) mass is 289 g/mol. The lowest BCUT2D eigenvalue weighted by atomic mass is 10.1. The van der Waals surface area contributed by atoms with E-state index in [2.05, 4.69) is 24.4 Å². The number of benzene rings is 1. The van der Waals surface area contributed by atoms with Gasteiger partial charge in [-0.15, -0.1) is 0 Å². The van der Waals surface area contributed by atoms with Crippen LogP contribution in [-0.4, -0.2) is 13.0 Å². The summed E-state index contributed by atoms with van der Waals surface area (Å²) in [5.41, 5.74) is 0.826. The number of nitrogens with one attached hydrogen (secondary N) is 1. The number of methoxy groups -OCH3 is 1. The Balaban J connectivity index is 2.08. The molecule has 1 aromatic carbocycles. The topological polar surface area (TPSA) is 38.3 Å². The summed E-state index contributed by atoms with van der Waals surface area (Å²) in [6.45, 7) is 2.06. The highest BCUT2D eigenvalue weighted by Gasteiger charge is 2.02. The lowest BCUT2D eigenvalue weighted by Crippen LogP contribution is -2.10. The smallest absolute Gasteiger partial charge is 0.224 e. The van der Waals surface area contributed by atoms with E-state index < -0.39 is 0 Å². The zero-order valence-corrected chi connectivity index (χ0v) is 13.2. The second kappa shape index (κ2) is 11.0. The van der Waals surface area contributed by atoms with Crippen molar-refractivity contribution in [1.82, 2.24) is 0 Å². The van der Waals surface area contributed by atoms with Gasteiger partial charge in [-0.2, -0.15) is 0 Å². The molecule has 0 atom stereocenters. The Morgan fingerprint density at radius 3 is 2.43 bits per heavy atom. The van der Waals surface area contributed by atoms with Crippen molar-refractivity contribution in [3.05, 3.63) is 36.4 Å². The van der Waals surface area contributed by atoms with E-state index in [1.54, 1.807) is 7.11 Å². The van der Waals surface area contributed by atoms with Gasteiger partial charge in [0.2, 0.25) is 5.91 Å². The first-order valence-electron chi connectivity index (χ1n) is 7.81. The fourth-order valence-electron chi connectivity index (χ4n) is 2.14. The van der Waals surface area contributed by atoms with Crippen LogP contribution in [0.1, 0.15) is 51.9 Å². The number of carbonyl (C=O) groups excluding carboxylic acids is 1. The molecule has 116 valence electrons. The Morgan fingerprint density at radius 2 is 1.76 bits per heavy atom. The molecule has 0 fully saturated rings. The fourth-order valence-corrected chi connectivity index (χ4v) is 2.14. The molecule has 0 heterocycles. The molecule has 0 aliphatic carbocycles. The maximum absolute atomic E-state index is 11.8. The van der Waals surface area contributed by atoms with Crippen LogP contribution < -0.4 is 10.1 Å². The average Bonchev–Trinajstić information content (AvgIpc) is 2.50. The highest BCUT2D eigenvalue weighted by atomic mass is 16.5. The van der Waals surface area contributed by atoms with E-state index in [0.29, 0.717) is 6.42 Å². The van der Waals surface area contributed by atoms with Crippen molar-refractivity contribution in [3.8, 4) is 5.75 Å². The molecule has 1 rings (SSSR count). The molecule has 0 unspecified atom stereocenters. The third-order valence-electron chi connectivity index (χ3n) is 3.38. The maximum atomic E-state index is 11.8. The summed E-state index contributed by atoms with van der Waals surface area (Å²) in [7, 11) is 1.63. The molecule has 3 heteroatoms. The molecule has 0 aromatic heterocycles. The molecule has 0 aliphatic rings. The summed E-state index contributed by atoms with van der Waals surface area (Å²) in [6.07, 6.45) is 11.9. The largest absolute Gasteiger partial charge is 0.497 e. The number of carbonyl (C=O) groups is 1. The molecule has 0 bridgehead atoms. The van der Waals surface area contributed by atoms with Crippen molar-refractivity contribution in [1.29, 1.82) is 0 Å². The molecule has 0 radical (unpaired) electrons. The number of rotatable bonds is 10. The molecular weight excluding hydrogens is 262 g/mol. The number of hydrogen-bond acceptors (Lipinski definition) is 2. The summed E-state index contributed by atoms with van der Waals surface area (Å²) >= 11 is 0. The first-order valence-corrected chi connectivity index (χ1v) is 7.81. The quantitative estimate of drug-likeness (QED) is 0.489. The first kappa shape index (κ1) is 17.3. The van der Waals surface area contributed by atoms with Gasteiger partial charge >= 0.3 is 0 Å². The summed E-state index contributed by atoms with van der Waals surface area (Å²) in [6, 6.07) is 7.41. The minimum Gasteiger partial charge on any atom is -0.497 e. The normalized spacial score (nSPS) is 10.8. The van der Waals surface area contributed by atoms with Gasteiger partial charge in [-0.05, 0) is 50.5 Å². The second-order valence-electron chi connectivity index (χ2n) is 5.15. The lowest BCUT2D eigenvalue weighted by molar-refractivity contribution is -0.116. The molecule has 0 aliphatic heterocycles. The molecule has 1 N–H and O–H groups in total. The highest BCUT2D eigenvalue weighted by molar-refractivity contribution is 5.90. The van der Waals surface area contributed by atoms with Gasteiger partial charge in [0.25, 0.3) is 0 Å². The summed E-state index contributed by atoms with van der Waals surface area (Å²) in [4.78, 5) is 11.8. The Morgan fingerprint density at radius 1 is 1.10 bits per heavy atom. The zero-order valence-electron chi connectivity index (χ0n) is 13.2. The number of unbranched alkanes of at least 4 members (excludes halogenated alkanes) is 5. The van der Waals surface area contributed by atoms with Gasteiger partial charge in [0, 0.05) is 12.1 Å². The highest BCUT2D eigenvalue weighted by Crippen LogP contribution is 2.15. The third kappa shape index (κ3) is 8.18. The zero-order chi connectivity index (χ0) is 15.3. The Hall–Kier alpha value is -1.77. The van der Waals surface area contributed by atoms with Crippen LogP contribution in [0.2, 0.25) is 0 Å². The van der Waals surface area contributed by atoms with Crippen molar-refractivity contribution in [2.24, 2.45) is 0 Å². The molecule has 3 nitrogen and oxygen atoms in total. The maximum Gasteiger partial charge on any atom is 0.224 e. The van der Waals surface area contributed by atoms with Crippen LogP contribution in [0.4, 0.5) is 5.69 Å². The van der Waals surface area contributed by atoms with Crippen LogP contribution in [0.15, 0.2) is 36.4 Å². The van der Waals surface area contributed by atoms with Crippen LogP contribution in [0.25, 0.3) is 0 Å². The van der Waals surface area contributed by atoms with Crippen molar-refractivity contribution in [2.45, 2.75) is 51.9 Å². The molecule has 1 amide bonds. The van der Waals surface area contributed by atoms with Crippen molar-refractivity contribution < 1.29 is 9.53 Å². The van der Waals surface area contributed by atoms with Crippen LogP contribution in [0.5, 0.6) is 5.75 Å². The van der Waals surface area contributed by atoms with Crippen LogP contribution in [0, 0.1) is 0 Å². The molecular formula is C18H27NO2. The number of ether oxygens (including phenoxy) is 1. The predicted molar refractivity (Wildman–Crippen MR) is 88.8 cm³/mol. The van der Waals surface area contributed by atoms with Gasteiger partial charge in [-0.1, -0.05) is 31.4 Å². The molecule has 1 aromatic rings. The van der Waals surface area contributed by atoms with Crippen LogP contribution in [0.3, 0.4) is 0 Å². The lowest BCUT2D eigenvalue weighted by Gasteiger charge is -2.06. The van der Waals surface area contributed by atoms with Gasteiger partial charge in [0.15, 0.2) is 0 Å². The van der Waals surface area contributed by atoms with Gasteiger partial charge in [0.05, 0.1) is 7.11 Å². The van der Waals surface area contributed by atoms with E-state index in [9.17, 15) is 4.79 Å². The predicted octanol–water partition coefficient (Wildman–Crippen LogP) is 4.94. The van der Waals surface area contributed by atoms with E-state index in [1.165, 1.54) is 25.7 Å². The van der Waals surface area contributed by atoms with E-state index in [1.807, 2.05) is 24.3 Å². The van der Waals surface area contributed by atoms with Gasteiger partial charge in [0.1, 0.15) is 5.75 Å². The fraction of sp³-hybridized carbons (Fsp3) is 0.500. The SMILES string of the molecule is C/C=C\CCCCCCCC(=O)Nc1ccc(OC)cc1. The third-order valence-corrected chi connectivity index (χ3v) is 3.38. The minimum absolute atomic E-state index is 0.0917. The Bertz CT molecular complexity index is 423. The number of amides is 1. The number of anilines is 1. The summed E-state index contributed by atoms with van der Waals surface area (Å²) in [5.74, 6) is 0.889. The standard InChI is InChI=1S/C18H27NO2/c1-3-4-5-6-7-8-9-10-11-18(20)19-16-12-14-17(21-2)15-13-16/h3-4,12-15H,5-11H2,1-2H3,(H,19,20)/b4-3-. The van der Waals surface area contributed by atoms with Gasteiger partial charge in [-0.3, -0.25) is 4.79 Å². The number of allylic oxidation sites excluding steroid dienone is 2. The average molecular weight is 289 g/mol. The second-order valence-corrected chi connectivity index (χ2v) is 5.15. The first-order chi connectivity index (χ1) is 10.3. The van der Waals surface area contributed by atoms with Gasteiger partial charge < -0.3 is 10.1 Å². The van der Waals surface area contributed by atoms with E-state index in [-0.39, 0.29) is 5.91 Å². The summed E-state index contributed by atoms with van der Waals surface area (Å²) < 4.78 is 5.08. The minimum atomic E-state index is 0.0917. The van der Waals surface area contributed by atoms with Crippen molar-refractivity contribution >= 4 is 11.6 Å². The van der Waals surface area contributed by atoms with E-state index in [0.717, 1.165) is 24.3 Å². The molecule has 0 saturated carbocycles. The Labute approximate surface area is 128 Å². The van der Waals surface area contributed by atoms with Gasteiger partial charge in [-0.25, -0.2) is 0 Å². The van der Waals surface area contributed by atoms with Crippen LogP contribution in [-0.2, 0) is 4.79 Å². The molecule has 21 heavy (non-hydrogen) atoms. The van der Waals surface area contributed by atoms with Crippen molar-refractivity contribution in [2.75, 3.05) is 12.4 Å².